The molecule has 0 fully saturated rings. The summed E-state index contributed by atoms with van der Waals surface area (Å²) in [6.45, 7) is 1.87. The maximum atomic E-state index is 13.6. The minimum absolute atomic E-state index is 0.132. The number of nitriles is 1. The highest BCUT2D eigenvalue weighted by atomic mass is 35.5. The molecule has 6 nitrogen and oxygen atoms in total. The molecular weight excluding hydrogens is 387 g/mol. The lowest BCUT2D eigenvalue weighted by Gasteiger charge is -2.05. The van der Waals surface area contributed by atoms with E-state index >= 15 is 0 Å². The number of anilines is 2. The van der Waals surface area contributed by atoms with Crippen molar-refractivity contribution in [3.8, 4) is 16.6 Å². The van der Waals surface area contributed by atoms with Crippen molar-refractivity contribution in [1.29, 1.82) is 5.26 Å². The number of nitrogens with zero attached hydrogens (tertiary/aromatic N) is 5. The molecular formula is C18H10ClFN6S. The van der Waals surface area contributed by atoms with Gasteiger partial charge in [0, 0.05) is 23.5 Å². The fourth-order valence-corrected chi connectivity index (χ4v) is 4.00. The molecule has 9 heteroatoms. The van der Waals surface area contributed by atoms with Crippen LogP contribution in [0.25, 0.3) is 20.8 Å². The van der Waals surface area contributed by atoms with Crippen LogP contribution in [0.5, 0.6) is 0 Å². The van der Waals surface area contributed by atoms with Gasteiger partial charge in [-0.3, -0.25) is 0 Å². The maximum Gasteiger partial charge on any atom is 0.151 e. The second kappa shape index (κ2) is 6.87. The topological polar surface area (TPSA) is 87.4 Å². The predicted molar refractivity (Wildman–Crippen MR) is 103 cm³/mol. The first kappa shape index (κ1) is 17.3. The Bertz CT molecular complexity index is 1220. The predicted octanol–water partition coefficient (Wildman–Crippen LogP) is 4.86. The molecule has 0 aliphatic carbocycles. The number of aryl methyl sites for hydroxylation is 1. The highest BCUT2D eigenvalue weighted by Crippen LogP contribution is 2.39. The molecule has 4 rings (SSSR count). The van der Waals surface area contributed by atoms with Gasteiger partial charge in [-0.2, -0.15) is 5.26 Å². The Morgan fingerprint density at radius 3 is 2.85 bits per heavy atom. The van der Waals surface area contributed by atoms with Gasteiger partial charge in [-0.15, -0.1) is 11.3 Å². The van der Waals surface area contributed by atoms with Gasteiger partial charge in [0.2, 0.25) is 0 Å². The number of hydrogen-bond donors (Lipinski definition) is 1. The monoisotopic (exact) mass is 396 g/mol. The summed E-state index contributed by atoms with van der Waals surface area (Å²) in [6.07, 6.45) is 3.09. The zero-order valence-corrected chi connectivity index (χ0v) is 15.4. The van der Waals surface area contributed by atoms with E-state index in [1.807, 2.05) is 13.0 Å². The second-order valence-corrected chi connectivity index (χ2v) is 7.02. The summed E-state index contributed by atoms with van der Waals surface area (Å²) in [5.41, 5.74) is 2.04. The molecule has 0 unspecified atom stereocenters. The van der Waals surface area contributed by atoms with Crippen molar-refractivity contribution in [3.63, 3.8) is 0 Å². The fraction of sp³-hybridized carbons (Fsp3) is 0.0556. The van der Waals surface area contributed by atoms with Crippen LogP contribution in [0.3, 0.4) is 0 Å². The van der Waals surface area contributed by atoms with Crippen LogP contribution in [-0.2, 0) is 0 Å². The van der Waals surface area contributed by atoms with Gasteiger partial charge < -0.3 is 5.32 Å². The molecule has 1 N–H and O–H groups in total. The molecule has 132 valence electrons. The first-order chi connectivity index (χ1) is 13.0. The van der Waals surface area contributed by atoms with Gasteiger partial charge in [-0.1, -0.05) is 11.6 Å². The Labute approximate surface area is 162 Å². The third kappa shape index (κ3) is 3.30. The zero-order valence-electron chi connectivity index (χ0n) is 13.9. The van der Waals surface area contributed by atoms with Gasteiger partial charge in [0.1, 0.15) is 29.0 Å². The molecule has 0 spiro atoms. The molecule has 1 aromatic carbocycles. The van der Waals surface area contributed by atoms with E-state index in [2.05, 4.69) is 25.3 Å². The molecule has 0 aliphatic heterocycles. The van der Waals surface area contributed by atoms with Crippen molar-refractivity contribution in [3.05, 3.63) is 58.9 Å². The van der Waals surface area contributed by atoms with E-state index in [1.165, 1.54) is 23.7 Å². The molecule has 0 bridgehead atoms. The van der Waals surface area contributed by atoms with E-state index in [0.717, 1.165) is 16.5 Å². The van der Waals surface area contributed by atoms with E-state index in [9.17, 15) is 9.65 Å². The Kier molecular flexibility index (Phi) is 4.39. The maximum absolute atomic E-state index is 13.6. The largest absolute Gasteiger partial charge is 0.324 e. The van der Waals surface area contributed by atoms with E-state index in [-0.39, 0.29) is 10.6 Å². The Balaban J connectivity index is 1.84. The molecule has 0 saturated carbocycles. The molecule has 0 radical (unpaired) electrons. The molecule has 3 heterocycles. The smallest absolute Gasteiger partial charge is 0.151 e. The van der Waals surface area contributed by atoms with Crippen LogP contribution >= 0.6 is 22.9 Å². The highest BCUT2D eigenvalue weighted by Gasteiger charge is 2.18. The van der Waals surface area contributed by atoms with Crippen molar-refractivity contribution in [2.45, 2.75) is 6.92 Å². The van der Waals surface area contributed by atoms with Crippen LogP contribution in [0.1, 0.15) is 11.3 Å². The van der Waals surface area contributed by atoms with Crippen molar-refractivity contribution in [2.75, 3.05) is 5.32 Å². The summed E-state index contributed by atoms with van der Waals surface area (Å²) in [5.74, 6) is 0.616. The van der Waals surface area contributed by atoms with E-state index in [0.29, 0.717) is 27.7 Å². The lowest BCUT2D eigenvalue weighted by atomic mass is 10.1. The fourth-order valence-electron chi connectivity index (χ4n) is 2.57. The standard InChI is InChI=1S/C18H10ClFN6S/c1-9-4-14(24-8-23-9)26-17-16-13(2-3-22-17)25-18(27-16)15-10(7-21)5-11(20)6-12(15)19/h2-6,8H,1H3,(H,22,23,24,26). The number of hydrogen-bond acceptors (Lipinski definition) is 7. The van der Waals surface area contributed by atoms with Crippen molar-refractivity contribution >= 4 is 44.8 Å². The summed E-state index contributed by atoms with van der Waals surface area (Å²) >= 11 is 7.50. The van der Waals surface area contributed by atoms with E-state index in [4.69, 9.17) is 11.6 Å². The quantitative estimate of drug-likeness (QED) is 0.531. The van der Waals surface area contributed by atoms with Crippen molar-refractivity contribution < 1.29 is 4.39 Å². The minimum Gasteiger partial charge on any atom is -0.324 e. The third-order valence-corrected chi connectivity index (χ3v) is 5.14. The minimum atomic E-state index is -0.565. The highest BCUT2D eigenvalue weighted by molar-refractivity contribution is 7.22. The summed E-state index contributed by atoms with van der Waals surface area (Å²) < 4.78 is 14.3. The molecule has 3 aromatic heterocycles. The van der Waals surface area contributed by atoms with Crippen molar-refractivity contribution in [2.24, 2.45) is 0 Å². The van der Waals surface area contributed by atoms with Gasteiger partial charge >= 0.3 is 0 Å². The normalized spacial score (nSPS) is 10.7. The van der Waals surface area contributed by atoms with Crippen LogP contribution in [0.15, 0.2) is 36.8 Å². The molecule has 0 aliphatic rings. The third-order valence-electron chi connectivity index (χ3n) is 3.74. The molecule has 27 heavy (non-hydrogen) atoms. The number of halogens is 2. The summed E-state index contributed by atoms with van der Waals surface area (Å²) in [6, 6.07) is 7.85. The first-order valence-corrected chi connectivity index (χ1v) is 8.95. The van der Waals surface area contributed by atoms with Gasteiger partial charge in [-0.25, -0.2) is 24.3 Å². The lowest BCUT2D eigenvalue weighted by Crippen LogP contribution is -1.97. The average Bonchev–Trinajstić information content (AvgIpc) is 3.05. The Morgan fingerprint density at radius 1 is 1.22 bits per heavy atom. The first-order valence-electron chi connectivity index (χ1n) is 7.76. The Morgan fingerprint density at radius 2 is 2.07 bits per heavy atom. The number of benzene rings is 1. The van der Waals surface area contributed by atoms with Gasteiger partial charge in [0.25, 0.3) is 0 Å². The Hall–Kier alpha value is -3.15. The molecule has 4 aromatic rings. The molecule has 0 atom stereocenters. The number of pyridine rings is 1. The molecule has 0 amide bonds. The van der Waals surface area contributed by atoms with Crippen LogP contribution in [0.4, 0.5) is 16.0 Å². The number of fused-ring (bicyclic) bond motifs is 1. The van der Waals surface area contributed by atoms with Crippen LogP contribution in [0, 0.1) is 24.1 Å². The number of aromatic nitrogens is 4. The molecule has 0 saturated heterocycles. The number of thiazole rings is 1. The summed E-state index contributed by atoms with van der Waals surface area (Å²) in [7, 11) is 0. The number of rotatable bonds is 3. The van der Waals surface area contributed by atoms with Gasteiger partial charge in [-0.05, 0) is 25.1 Å². The zero-order chi connectivity index (χ0) is 19.0. The summed E-state index contributed by atoms with van der Waals surface area (Å²) in [5, 5.41) is 13.2. The SMILES string of the molecule is Cc1cc(Nc2nccc3nc(-c4c(Cl)cc(F)cc4C#N)sc23)ncn1. The lowest BCUT2D eigenvalue weighted by molar-refractivity contribution is 0.627. The van der Waals surface area contributed by atoms with Gasteiger partial charge in [0.05, 0.1) is 20.8 Å². The van der Waals surface area contributed by atoms with Gasteiger partial charge in [0.15, 0.2) is 5.82 Å². The summed E-state index contributed by atoms with van der Waals surface area (Å²) in [4.78, 5) is 17.1. The number of nitrogens with one attached hydrogen (secondary N) is 1. The van der Waals surface area contributed by atoms with Crippen LogP contribution in [0.2, 0.25) is 5.02 Å². The van der Waals surface area contributed by atoms with Crippen LogP contribution < -0.4 is 5.32 Å². The van der Waals surface area contributed by atoms with Crippen LogP contribution in [-0.4, -0.2) is 19.9 Å². The average molecular weight is 397 g/mol. The van der Waals surface area contributed by atoms with E-state index < -0.39 is 5.82 Å². The van der Waals surface area contributed by atoms with Crippen molar-refractivity contribution in [1.82, 2.24) is 19.9 Å². The van der Waals surface area contributed by atoms with E-state index in [1.54, 1.807) is 18.3 Å². The second-order valence-electron chi connectivity index (χ2n) is 5.62.